The molecule has 1 unspecified atom stereocenters. The van der Waals surface area contributed by atoms with Crippen LogP contribution < -0.4 is 10.1 Å². The van der Waals surface area contributed by atoms with Crippen LogP contribution in [0.2, 0.25) is 0 Å². The molecule has 5 amide bonds. The average molecular weight is 681 g/mol. The van der Waals surface area contributed by atoms with Crippen molar-refractivity contribution in [3.63, 3.8) is 0 Å². The van der Waals surface area contributed by atoms with Crippen molar-refractivity contribution in [1.82, 2.24) is 29.9 Å². The molecule has 2 N–H and O–H groups in total. The van der Waals surface area contributed by atoms with Crippen LogP contribution in [0, 0.1) is 5.92 Å². The first-order valence-electron chi connectivity index (χ1n) is 16.9. The number of fused-ring (bicyclic) bond motifs is 1. The molecule has 3 aliphatic rings. The number of hydrogen-bond acceptors (Lipinski definition) is 9. The maximum absolute atomic E-state index is 13.6. The van der Waals surface area contributed by atoms with E-state index in [-0.39, 0.29) is 81.4 Å². The number of pyridine rings is 1. The van der Waals surface area contributed by atoms with Gasteiger partial charge in [-0.3, -0.25) is 24.0 Å². The minimum absolute atomic E-state index is 0.0604. The summed E-state index contributed by atoms with van der Waals surface area (Å²) in [6.45, 7) is 5.11. The number of benzene rings is 1. The second-order valence-electron chi connectivity index (χ2n) is 12.6. The highest BCUT2D eigenvalue weighted by Crippen LogP contribution is 2.27. The number of likely N-dealkylation sites (tertiary alicyclic amines) is 2. The molecule has 2 atom stereocenters. The molecule has 15 heteroatoms. The van der Waals surface area contributed by atoms with Gasteiger partial charge in [0, 0.05) is 76.7 Å². The maximum atomic E-state index is 13.6. The van der Waals surface area contributed by atoms with E-state index in [1.54, 1.807) is 36.1 Å². The predicted octanol–water partition coefficient (Wildman–Crippen LogP) is 1.74. The standard InChI is InChI=1S/C34H44N6O9/c1-2-48-34(47)38-17-15-37(16-18-38)33(46)26(11-12-31(43)44)36-32(45)27-19-28(24-8-3-4-9-25(24)35-27)49-22-30(42)40-13-5-7-23(21-40)20-39-14-6-10-29(39)41/h3-4,8-9,19,23,26H,2,5-7,10-18,20-22H2,1H3,(H,36,45)(H,43,44)/t23?,26-/m0/s1. The van der Waals surface area contributed by atoms with Gasteiger partial charge in [-0.15, -0.1) is 0 Å². The number of nitrogens with zero attached hydrogens (tertiary/aromatic N) is 5. The van der Waals surface area contributed by atoms with Gasteiger partial charge in [0.15, 0.2) is 6.61 Å². The minimum atomic E-state index is -1.15. The Kier molecular flexibility index (Phi) is 11.9. The molecule has 5 rings (SSSR count). The van der Waals surface area contributed by atoms with Crippen molar-refractivity contribution in [1.29, 1.82) is 0 Å². The molecule has 49 heavy (non-hydrogen) atoms. The molecule has 264 valence electrons. The molecule has 0 spiro atoms. The van der Waals surface area contributed by atoms with E-state index in [2.05, 4.69) is 10.3 Å². The third kappa shape index (κ3) is 9.15. The summed E-state index contributed by atoms with van der Waals surface area (Å²) in [4.78, 5) is 87.0. The second kappa shape index (κ2) is 16.4. The van der Waals surface area contributed by atoms with Gasteiger partial charge in [0.1, 0.15) is 17.5 Å². The molecule has 0 bridgehead atoms. The van der Waals surface area contributed by atoms with Crippen LogP contribution in [0.15, 0.2) is 30.3 Å². The summed E-state index contributed by atoms with van der Waals surface area (Å²) in [6.07, 6.45) is 2.27. The topological polar surface area (TPSA) is 179 Å². The Hall–Kier alpha value is -4.95. The largest absolute Gasteiger partial charge is 0.483 e. The maximum Gasteiger partial charge on any atom is 0.409 e. The number of para-hydroxylation sites is 1. The zero-order chi connectivity index (χ0) is 34.9. The van der Waals surface area contributed by atoms with E-state index < -0.39 is 29.9 Å². The highest BCUT2D eigenvalue weighted by molar-refractivity contribution is 5.99. The number of aliphatic carboxylic acids is 1. The lowest BCUT2D eigenvalue weighted by atomic mass is 9.97. The van der Waals surface area contributed by atoms with E-state index in [0.717, 1.165) is 25.8 Å². The number of aromatic nitrogens is 1. The van der Waals surface area contributed by atoms with Gasteiger partial charge in [-0.1, -0.05) is 12.1 Å². The molecule has 3 saturated heterocycles. The monoisotopic (exact) mass is 680 g/mol. The molecule has 3 aliphatic heterocycles. The third-order valence-corrected chi connectivity index (χ3v) is 9.15. The highest BCUT2D eigenvalue weighted by atomic mass is 16.6. The molecule has 15 nitrogen and oxygen atoms in total. The number of amides is 5. The number of carbonyl (C=O) groups is 6. The predicted molar refractivity (Wildman–Crippen MR) is 176 cm³/mol. The van der Waals surface area contributed by atoms with E-state index >= 15 is 0 Å². The van der Waals surface area contributed by atoms with Gasteiger partial charge in [-0.2, -0.15) is 0 Å². The Labute approximate surface area is 284 Å². The second-order valence-corrected chi connectivity index (χ2v) is 12.6. The smallest absolute Gasteiger partial charge is 0.409 e. The molecule has 2 aromatic rings. The van der Waals surface area contributed by atoms with Crippen LogP contribution in [0.25, 0.3) is 10.9 Å². The van der Waals surface area contributed by atoms with Gasteiger partial charge in [0.25, 0.3) is 11.8 Å². The molecule has 1 aromatic heterocycles. The molecular weight excluding hydrogens is 636 g/mol. The van der Waals surface area contributed by atoms with Crippen LogP contribution in [-0.2, 0) is 23.9 Å². The van der Waals surface area contributed by atoms with E-state index in [1.165, 1.54) is 15.9 Å². The first-order chi connectivity index (χ1) is 23.6. The normalized spacial score (nSPS) is 18.7. The molecule has 3 fully saturated rings. The molecule has 0 aliphatic carbocycles. The summed E-state index contributed by atoms with van der Waals surface area (Å²) in [7, 11) is 0. The van der Waals surface area contributed by atoms with Crippen molar-refractivity contribution >= 4 is 46.6 Å². The minimum Gasteiger partial charge on any atom is -0.483 e. The number of carboxylic acid groups (broad SMARTS) is 1. The molecule has 1 aromatic carbocycles. The Morgan fingerprint density at radius 2 is 1.76 bits per heavy atom. The number of nitrogens with one attached hydrogen (secondary N) is 1. The van der Waals surface area contributed by atoms with Crippen LogP contribution in [0.3, 0.4) is 0 Å². The molecule has 0 saturated carbocycles. The number of carbonyl (C=O) groups excluding carboxylic acids is 5. The zero-order valence-corrected chi connectivity index (χ0v) is 27.8. The van der Waals surface area contributed by atoms with Gasteiger partial charge in [0.05, 0.1) is 12.1 Å². The van der Waals surface area contributed by atoms with Crippen molar-refractivity contribution in [2.45, 2.75) is 51.5 Å². The lowest BCUT2D eigenvalue weighted by Crippen LogP contribution is -2.56. The Balaban J connectivity index is 1.25. The van der Waals surface area contributed by atoms with Crippen molar-refractivity contribution in [3.05, 3.63) is 36.0 Å². The van der Waals surface area contributed by atoms with Crippen LogP contribution in [0.1, 0.15) is 55.9 Å². The lowest BCUT2D eigenvalue weighted by molar-refractivity contribution is -0.139. The fourth-order valence-electron chi connectivity index (χ4n) is 6.56. The quantitative estimate of drug-likeness (QED) is 0.336. The van der Waals surface area contributed by atoms with Crippen LogP contribution in [0.4, 0.5) is 4.79 Å². The lowest BCUT2D eigenvalue weighted by Gasteiger charge is -2.35. The third-order valence-electron chi connectivity index (χ3n) is 9.15. The summed E-state index contributed by atoms with van der Waals surface area (Å²) < 4.78 is 11.0. The van der Waals surface area contributed by atoms with Crippen molar-refractivity contribution in [3.8, 4) is 5.75 Å². The Bertz CT molecular complexity index is 1560. The summed E-state index contributed by atoms with van der Waals surface area (Å²) in [5.74, 6) is -1.85. The number of piperazine rings is 1. The van der Waals surface area contributed by atoms with E-state index in [0.29, 0.717) is 37.0 Å². The Morgan fingerprint density at radius 3 is 2.47 bits per heavy atom. The summed E-state index contributed by atoms with van der Waals surface area (Å²) >= 11 is 0. The zero-order valence-electron chi connectivity index (χ0n) is 27.8. The van der Waals surface area contributed by atoms with Gasteiger partial charge < -0.3 is 39.5 Å². The van der Waals surface area contributed by atoms with Crippen molar-refractivity contribution in [2.24, 2.45) is 5.92 Å². The molecule has 4 heterocycles. The van der Waals surface area contributed by atoms with Crippen LogP contribution >= 0.6 is 0 Å². The fraction of sp³-hybridized carbons (Fsp3) is 0.559. The van der Waals surface area contributed by atoms with Gasteiger partial charge in [0.2, 0.25) is 11.8 Å². The SMILES string of the molecule is CCOC(=O)N1CCN(C(=O)[C@H](CCC(=O)O)NC(=O)c2cc(OCC(=O)N3CCCC(CN4CCCC4=O)C3)c3ccccc3n2)CC1. The number of ether oxygens (including phenoxy) is 2. The van der Waals surface area contributed by atoms with E-state index in [9.17, 15) is 33.9 Å². The fourth-order valence-corrected chi connectivity index (χ4v) is 6.56. The highest BCUT2D eigenvalue weighted by Gasteiger charge is 2.32. The van der Waals surface area contributed by atoms with Crippen LogP contribution in [0.5, 0.6) is 5.75 Å². The summed E-state index contributed by atoms with van der Waals surface area (Å²) in [6, 6.07) is 7.27. The van der Waals surface area contributed by atoms with E-state index in [4.69, 9.17) is 9.47 Å². The number of hydrogen-bond donors (Lipinski definition) is 2. The van der Waals surface area contributed by atoms with Crippen LogP contribution in [-0.4, -0.2) is 137 Å². The summed E-state index contributed by atoms with van der Waals surface area (Å²) in [5, 5.41) is 12.6. The van der Waals surface area contributed by atoms with Crippen molar-refractivity contribution in [2.75, 3.05) is 65.6 Å². The molecule has 0 radical (unpaired) electrons. The van der Waals surface area contributed by atoms with Gasteiger partial charge >= 0.3 is 12.1 Å². The average Bonchev–Trinajstić information content (AvgIpc) is 3.51. The number of piperidine rings is 1. The van der Waals surface area contributed by atoms with Gasteiger partial charge in [-0.05, 0) is 50.7 Å². The van der Waals surface area contributed by atoms with E-state index in [1.807, 2.05) is 4.90 Å². The first kappa shape index (κ1) is 35.4. The van der Waals surface area contributed by atoms with Gasteiger partial charge in [-0.25, -0.2) is 9.78 Å². The molecular formula is C34H44N6O9. The first-order valence-corrected chi connectivity index (χ1v) is 16.9. The number of rotatable bonds is 12. The van der Waals surface area contributed by atoms with Crippen molar-refractivity contribution < 1.29 is 43.3 Å². The number of carboxylic acids is 1. The Morgan fingerprint density at radius 1 is 1.00 bits per heavy atom. The summed E-state index contributed by atoms with van der Waals surface area (Å²) in [5.41, 5.74) is 0.379.